The van der Waals surface area contributed by atoms with Gasteiger partial charge in [0.1, 0.15) is 0 Å². The SMILES string of the molecule is Br.O=c1[nH]c2c(Cl)cc([N+](=O)[O-])cc2c(=O)n1C1CCNCC1. The molecule has 3 rings (SSSR count). The number of hydrogen-bond acceptors (Lipinski definition) is 5. The molecule has 0 spiro atoms. The minimum atomic E-state index is -0.620. The van der Waals surface area contributed by atoms with Gasteiger partial charge in [0.2, 0.25) is 0 Å². The lowest BCUT2D eigenvalue weighted by molar-refractivity contribution is -0.384. The van der Waals surface area contributed by atoms with E-state index in [0.29, 0.717) is 25.9 Å². The third-order valence-corrected chi connectivity index (χ3v) is 4.16. The van der Waals surface area contributed by atoms with Crippen LogP contribution >= 0.6 is 28.6 Å². The van der Waals surface area contributed by atoms with Crippen LogP contribution in [0.2, 0.25) is 5.02 Å². The van der Waals surface area contributed by atoms with Crippen molar-refractivity contribution in [2.24, 2.45) is 0 Å². The number of hydrogen-bond donors (Lipinski definition) is 2. The van der Waals surface area contributed by atoms with Crippen molar-refractivity contribution in [2.45, 2.75) is 18.9 Å². The van der Waals surface area contributed by atoms with Crippen molar-refractivity contribution in [3.63, 3.8) is 0 Å². The predicted octanol–water partition coefficient (Wildman–Crippen LogP) is 1.75. The summed E-state index contributed by atoms with van der Waals surface area (Å²) in [5, 5.41) is 14.1. The maximum absolute atomic E-state index is 12.6. The molecule has 1 fully saturated rings. The van der Waals surface area contributed by atoms with Crippen molar-refractivity contribution in [3.05, 3.63) is 48.1 Å². The van der Waals surface area contributed by atoms with Crippen LogP contribution in [0.5, 0.6) is 0 Å². The Hall–Kier alpha value is -1.71. The molecule has 1 aromatic heterocycles. The molecule has 0 aliphatic carbocycles. The van der Waals surface area contributed by atoms with Crippen molar-refractivity contribution in [3.8, 4) is 0 Å². The molecule has 1 aliphatic heterocycles. The van der Waals surface area contributed by atoms with Crippen LogP contribution in [0.1, 0.15) is 18.9 Å². The zero-order valence-electron chi connectivity index (χ0n) is 11.9. The van der Waals surface area contributed by atoms with E-state index in [0.717, 1.165) is 16.7 Å². The highest BCUT2D eigenvalue weighted by Crippen LogP contribution is 2.25. The zero-order valence-corrected chi connectivity index (χ0v) is 14.3. The number of nitrogens with zero attached hydrogens (tertiary/aromatic N) is 2. The van der Waals surface area contributed by atoms with Crippen LogP contribution < -0.4 is 16.6 Å². The summed E-state index contributed by atoms with van der Waals surface area (Å²) >= 11 is 5.96. The van der Waals surface area contributed by atoms with Crippen molar-refractivity contribution in [2.75, 3.05) is 13.1 Å². The first-order valence-electron chi connectivity index (χ1n) is 6.82. The number of nitro groups is 1. The average molecular weight is 406 g/mol. The molecule has 1 saturated heterocycles. The molecule has 0 amide bonds. The number of H-pyrrole nitrogens is 1. The summed E-state index contributed by atoms with van der Waals surface area (Å²) in [5.74, 6) is 0. The summed E-state index contributed by atoms with van der Waals surface area (Å²) in [4.78, 5) is 37.7. The predicted molar refractivity (Wildman–Crippen MR) is 92.0 cm³/mol. The van der Waals surface area contributed by atoms with Crippen molar-refractivity contribution in [1.82, 2.24) is 14.9 Å². The molecule has 0 radical (unpaired) electrons. The fourth-order valence-electron chi connectivity index (χ4n) is 2.78. The first-order chi connectivity index (χ1) is 10.5. The Bertz CT molecular complexity index is 873. The lowest BCUT2D eigenvalue weighted by Crippen LogP contribution is -2.42. The van der Waals surface area contributed by atoms with Gasteiger partial charge in [-0.3, -0.25) is 19.5 Å². The standard InChI is InChI=1S/C13H13ClN4O4.BrH/c14-10-6-8(18(21)22)5-9-11(10)16-13(20)17(12(9)19)7-1-3-15-4-2-7;/h5-7,15H,1-4H2,(H,16,20);1H. The van der Waals surface area contributed by atoms with Crippen LogP contribution in [0.3, 0.4) is 0 Å². The number of non-ortho nitro benzene ring substituents is 1. The number of halogens is 2. The monoisotopic (exact) mass is 404 g/mol. The molecule has 0 bridgehead atoms. The Kier molecular flexibility index (Phi) is 5.23. The van der Waals surface area contributed by atoms with Crippen LogP contribution in [-0.4, -0.2) is 27.6 Å². The highest BCUT2D eigenvalue weighted by molar-refractivity contribution is 8.93. The zero-order chi connectivity index (χ0) is 15.9. The molecule has 2 heterocycles. The third kappa shape index (κ3) is 3.17. The smallest absolute Gasteiger partial charge is 0.317 e. The third-order valence-electron chi connectivity index (χ3n) is 3.86. The normalized spacial score (nSPS) is 15.3. The highest BCUT2D eigenvalue weighted by Gasteiger charge is 2.22. The van der Waals surface area contributed by atoms with E-state index in [1.807, 2.05) is 0 Å². The fraction of sp³-hybridized carbons (Fsp3) is 0.385. The Balaban J connectivity index is 0.00000192. The van der Waals surface area contributed by atoms with Gasteiger partial charge in [0.25, 0.3) is 11.2 Å². The number of fused-ring (bicyclic) bond motifs is 1. The molecule has 0 saturated carbocycles. The second-order valence-electron chi connectivity index (χ2n) is 5.19. The van der Waals surface area contributed by atoms with Gasteiger partial charge in [-0.05, 0) is 25.9 Å². The number of nitrogens with one attached hydrogen (secondary N) is 2. The van der Waals surface area contributed by atoms with Gasteiger partial charge in [-0.15, -0.1) is 17.0 Å². The van der Waals surface area contributed by atoms with Crippen LogP contribution in [0.15, 0.2) is 21.7 Å². The fourth-order valence-corrected chi connectivity index (χ4v) is 3.04. The lowest BCUT2D eigenvalue weighted by atomic mass is 10.1. The van der Waals surface area contributed by atoms with Gasteiger partial charge in [-0.1, -0.05) is 11.6 Å². The molecular formula is C13H14BrClN4O4. The molecule has 23 heavy (non-hydrogen) atoms. The average Bonchev–Trinajstić information content (AvgIpc) is 2.49. The van der Waals surface area contributed by atoms with E-state index in [2.05, 4.69) is 10.3 Å². The van der Waals surface area contributed by atoms with E-state index < -0.39 is 16.2 Å². The van der Waals surface area contributed by atoms with Gasteiger partial charge in [0.15, 0.2) is 0 Å². The van der Waals surface area contributed by atoms with E-state index >= 15 is 0 Å². The van der Waals surface area contributed by atoms with Crippen molar-refractivity contribution >= 4 is 45.2 Å². The summed E-state index contributed by atoms with van der Waals surface area (Å²) in [6, 6.07) is 2.05. The first-order valence-corrected chi connectivity index (χ1v) is 7.20. The number of piperidine rings is 1. The maximum Gasteiger partial charge on any atom is 0.329 e. The van der Waals surface area contributed by atoms with Crippen LogP contribution in [0.25, 0.3) is 10.9 Å². The number of rotatable bonds is 2. The van der Waals surface area contributed by atoms with Gasteiger partial charge in [-0.25, -0.2) is 4.79 Å². The quantitative estimate of drug-likeness (QED) is 0.584. The molecule has 1 aliphatic rings. The largest absolute Gasteiger partial charge is 0.329 e. The van der Waals surface area contributed by atoms with E-state index in [-0.39, 0.29) is 44.6 Å². The topological polar surface area (TPSA) is 110 Å². The maximum atomic E-state index is 12.6. The minimum Gasteiger partial charge on any atom is -0.317 e. The van der Waals surface area contributed by atoms with Crippen molar-refractivity contribution in [1.29, 1.82) is 0 Å². The minimum absolute atomic E-state index is 0. The molecule has 0 unspecified atom stereocenters. The van der Waals surface area contributed by atoms with Gasteiger partial charge in [0, 0.05) is 18.2 Å². The van der Waals surface area contributed by atoms with Gasteiger partial charge in [0.05, 0.1) is 20.8 Å². The summed E-state index contributed by atoms with van der Waals surface area (Å²) < 4.78 is 1.14. The van der Waals surface area contributed by atoms with E-state index in [9.17, 15) is 19.7 Å². The van der Waals surface area contributed by atoms with Crippen molar-refractivity contribution < 1.29 is 4.92 Å². The van der Waals surface area contributed by atoms with Gasteiger partial charge in [-0.2, -0.15) is 0 Å². The molecule has 0 atom stereocenters. The molecule has 124 valence electrons. The van der Waals surface area contributed by atoms with Gasteiger partial charge >= 0.3 is 5.69 Å². The molecule has 2 N–H and O–H groups in total. The first kappa shape index (κ1) is 17.6. The van der Waals surface area contributed by atoms with E-state index in [1.54, 1.807) is 0 Å². The second-order valence-corrected chi connectivity index (χ2v) is 5.60. The summed E-state index contributed by atoms with van der Waals surface area (Å²) in [7, 11) is 0. The molecular weight excluding hydrogens is 392 g/mol. The van der Waals surface area contributed by atoms with E-state index in [1.165, 1.54) is 0 Å². The number of aromatic nitrogens is 2. The molecule has 8 nitrogen and oxygen atoms in total. The summed E-state index contributed by atoms with van der Waals surface area (Å²) in [5.41, 5.74) is -1.23. The Morgan fingerprint density at radius 2 is 1.91 bits per heavy atom. The van der Waals surface area contributed by atoms with E-state index in [4.69, 9.17) is 11.6 Å². The number of benzene rings is 1. The highest BCUT2D eigenvalue weighted by atomic mass is 79.9. The Labute approximate surface area is 145 Å². The molecule has 2 aromatic rings. The van der Waals surface area contributed by atoms with Crippen LogP contribution in [-0.2, 0) is 0 Å². The van der Waals surface area contributed by atoms with Crippen LogP contribution in [0.4, 0.5) is 5.69 Å². The number of nitro benzene ring substituents is 1. The van der Waals surface area contributed by atoms with Crippen LogP contribution in [0, 0.1) is 10.1 Å². The summed E-state index contributed by atoms with van der Waals surface area (Å²) in [6.07, 6.45) is 1.30. The lowest BCUT2D eigenvalue weighted by Gasteiger charge is -2.24. The van der Waals surface area contributed by atoms with Gasteiger partial charge < -0.3 is 10.3 Å². The number of aromatic amines is 1. The second kappa shape index (κ2) is 6.81. The molecule has 1 aromatic carbocycles. The molecule has 10 heteroatoms. The Morgan fingerprint density at radius 3 is 2.52 bits per heavy atom. The summed E-state index contributed by atoms with van der Waals surface area (Å²) in [6.45, 7) is 1.43. The Morgan fingerprint density at radius 1 is 1.26 bits per heavy atom.